The summed E-state index contributed by atoms with van der Waals surface area (Å²) in [4.78, 5) is 14.3. The minimum absolute atomic E-state index is 0.351. The van der Waals surface area contributed by atoms with Crippen molar-refractivity contribution in [1.82, 2.24) is 10.2 Å². The Kier molecular flexibility index (Phi) is 4.12. The van der Waals surface area contributed by atoms with Gasteiger partial charge >= 0.3 is 0 Å². The number of hydrogen-bond acceptors (Lipinski definition) is 3. The number of rotatable bonds is 4. The zero-order valence-corrected chi connectivity index (χ0v) is 14.4. The Morgan fingerprint density at radius 3 is 2.91 bits per heavy atom. The molecule has 0 spiro atoms. The summed E-state index contributed by atoms with van der Waals surface area (Å²) in [5, 5.41) is 7.38. The standard InChI is InChI=1S/C19H24N2OS/c1-13-11-21(19(22)14-6-7-14)9-8-17(13)20-10-15-12-23-18-5-3-2-4-16(15)18/h2-5,12-14,17,20H,6-11H2,1H3/t13-,17+/m0/s1. The molecule has 2 aliphatic rings. The lowest BCUT2D eigenvalue weighted by atomic mass is 9.93. The predicted octanol–water partition coefficient (Wildman–Crippen LogP) is 3.64. The van der Waals surface area contributed by atoms with Crippen molar-refractivity contribution in [3.63, 3.8) is 0 Å². The fourth-order valence-electron chi connectivity index (χ4n) is 3.65. The van der Waals surface area contributed by atoms with E-state index in [-0.39, 0.29) is 0 Å². The Balaban J connectivity index is 1.35. The first kappa shape index (κ1) is 15.2. The monoisotopic (exact) mass is 328 g/mol. The molecule has 1 aromatic carbocycles. The van der Waals surface area contributed by atoms with E-state index in [0.717, 1.165) is 38.9 Å². The quantitative estimate of drug-likeness (QED) is 0.929. The molecular formula is C19H24N2OS. The van der Waals surface area contributed by atoms with Crippen molar-refractivity contribution in [3.8, 4) is 0 Å². The number of amides is 1. The third-order valence-electron chi connectivity index (χ3n) is 5.26. The molecule has 122 valence electrons. The molecular weight excluding hydrogens is 304 g/mol. The molecule has 23 heavy (non-hydrogen) atoms. The van der Waals surface area contributed by atoms with E-state index < -0.39 is 0 Å². The van der Waals surface area contributed by atoms with Gasteiger partial charge in [0.15, 0.2) is 0 Å². The highest BCUT2D eigenvalue weighted by molar-refractivity contribution is 7.17. The Morgan fingerprint density at radius 1 is 1.30 bits per heavy atom. The molecule has 1 aromatic heterocycles. The number of carbonyl (C=O) groups is 1. The fraction of sp³-hybridized carbons (Fsp3) is 0.526. The molecule has 0 bridgehead atoms. The predicted molar refractivity (Wildman–Crippen MR) is 95.5 cm³/mol. The lowest BCUT2D eigenvalue weighted by Gasteiger charge is -2.37. The van der Waals surface area contributed by atoms with E-state index >= 15 is 0 Å². The van der Waals surface area contributed by atoms with Crippen molar-refractivity contribution in [2.45, 2.75) is 38.8 Å². The molecule has 2 heterocycles. The second-order valence-electron chi connectivity index (χ2n) is 7.07. The number of piperidine rings is 1. The second kappa shape index (κ2) is 6.25. The minimum Gasteiger partial charge on any atom is -0.342 e. The van der Waals surface area contributed by atoms with Crippen LogP contribution in [0.5, 0.6) is 0 Å². The number of carbonyl (C=O) groups excluding carboxylic acids is 1. The average Bonchev–Trinajstić information content (AvgIpc) is 3.34. The second-order valence-corrected chi connectivity index (χ2v) is 7.98. The summed E-state index contributed by atoms with van der Waals surface area (Å²) in [5.41, 5.74) is 1.40. The summed E-state index contributed by atoms with van der Waals surface area (Å²) in [6.07, 6.45) is 3.29. The van der Waals surface area contributed by atoms with Crippen molar-refractivity contribution in [3.05, 3.63) is 35.2 Å². The van der Waals surface area contributed by atoms with Gasteiger partial charge in [-0.05, 0) is 47.6 Å². The van der Waals surface area contributed by atoms with Crippen molar-refractivity contribution in [1.29, 1.82) is 0 Å². The normalized spacial score (nSPS) is 25.0. The molecule has 0 unspecified atom stereocenters. The maximum atomic E-state index is 12.2. The number of nitrogens with zero attached hydrogens (tertiary/aromatic N) is 1. The van der Waals surface area contributed by atoms with E-state index in [4.69, 9.17) is 0 Å². The Labute approximate surface area is 141 Å². The van der Waals surface area contributed by atoms with Crippen LogP contribution in [0.4, 0.5) is 0 Å². The van der Waals surface area contributed by atoms with Crippen LogP contribution in [0.2, 0.25) is 0 Å². The third-order valence-corrected chi connectivity index (χ3v) is 6.27. The molecule has 2 aromatic rings. The zero-order chi connectivity index (χ0) is 15.8. The molecule has 1 saturated carbocycles. The maximum Gasteiger partial charge on any atom is 0.225 e. The minimum atomic E-state index is 0.351. The van der Waals surface area contributed by atoms with Crippen LogP contribution in [0.1, 0.15) is 31.7 Å². The molecule has 1 N–H and O–H groups in total. The number of benzene rings is 1. The van der Waals surface area contributed by atoms with E-state index in [2.05, 4.69) is 46.8 Å². The topological polar surface area (TPSA) is 32.3 Å². The maximum absolute atomic E-state index is 12.2. The highest BCUT2D eigenvalue weighted by Crippen LogP contribution is 2.32. The van der Waals surface area contributed by atoms with Gasteiger partial charge in [-0.3, -0.25) is 4.79 Å². The first-order valence-electron chi connectivity index (χ1n) is 8.69. The van der Waals surface area contributed by atoms with Gasteiger partial charge in [-0.25, -0.2) is 0 Å². The van der Waals surface area contributed by atoms with Gasteiger partial charge in [0, 0.05) is 36.3 Å². The van der Waals surface area contributed by atoms with Crippen LogP contribution >= 0.6 is 11.3 Å². The molecule has 2 atom stereocenters. The molecule has 4 heteroatoms. The summed E-state index contributed by atoms with van der Waals surface area (Å²) in [6, 6.07) is 9.13. The van der Waals surface area contributed by atoms with Gasteiger partial charge in [0.05, 0.1) is 0 Å². The molecule has 1 amide bonds. The molecule has 0 radical (unpaired) electrons. The average molecular weight is 328 g/mol. The van der Waals surface area contributed by atoms with Crippen molar-refractivity contribution in [2.75, 3.05) is 13.1 Å². The van der Waals surface area contributed by atoms with E-state index in [1.54, 1.807) is 0 Å². The first-order chi connectivity index (χ1) is 11.2. The van der Waals surface area contributed by atoms with Gasteiger partial charge in [0.1, 0.15) is 0 Å². The first-order valence-corrected chi connectivity index (χ1v) is 9.57. The highest BCUT2D eigenvalue weighted by Gasteiger charge is 2.36. The van der Waals surface area contributed by atoms with E-state index in [0.29, 0.717) is 23.8 Å². The Morgan fingerprint density at radius 2 is 2.13 bits per heavy atom. The van der Waals surface area contributed by atoms with E-state index in [1.807, 2.05) is 11.3 Å². The van der Waals surface area contributed by atoms with Crippen LogP contribution in [-0.2, 0) is 11.3 Å². The van der Waals surface area contributed by atoms with E-state index in [9.17, 15) is 4.79 Å². The highest BCUT2D eigenvalue weighted by atomic mass is 32.1. The van der Waals surface area contributed by atoms with Crippen LogP contribution in [0.3, 0.4) is 0 Å². The van der Waals surface area contributed by atoms with Crippen LogP contribution < -0.4 is 5.32 Å². The number of nitrogens with one attached hydrogen (secondary N) is 1. The summed E-state index contributed by atoms with van der Waals surface area (Å²) in [5.74, 6) is 1.28. The molecule has 4 rings (SSSR count). The SMILES string of the molecule is C[C@H]1CN(C(=O)C2CC2)CC[C@H]1NCc1csc2ccccc12. The van der Waals surface area contributed by atoms with E-state index in [1.165, 1.54) is 15.6 Å². The summed E-state index contributed by atoms with van der Waals surface area (Å²) in [6.45, 7) is 5.03. The zero-order valence-electron chi connectivity index (χ0n) is 13.6. The number of fused-ring (bicyclic) bond motifs is 1. The lowest BCUT2D eigenvalue weighted by molar-refractivity contribution is -0.134. The lowest BCUT2D eigenvalue weighted by Crippen LogP contribution is -2.50. The molecule has 1 aliphatic heterocycles. The van der Waals surface area contributed by atoms with Crippen LogP contribution in [0.15, 0.2) is 29.6 Å². The fourth-order valence-corrected chi connectivity index (χ4v) is 4.61. The van der Waals surface area contributed by atoms with Crippen LogP contribution in [-0.4, -0.2) is 29.9 Å². The summed E-state index contributed by atoms with van der Waals surface area (Å²) < 4.78 is 1.36. The Hall–Kier alpha value is -1.39. The molecule has 1 saturated heterocycles. The Bertz CT molecular complexity index is 706. The summed E-state index contributed by atoms with van der Waals surface area (Å²) in [7, 11) is 0. The summed E-state index contributed by atoms with van der Waals surface area (Å²) >= 11 is 1.82. The molecule has 2 fully saturated rings. The van der Waals surface area contributed by atoms with Gasteiger partial charge in [-0.2, -0.15) is 0 Å². The van der Waals surface area contributed by atoms with Crippen LogP contribution in [0.25, 0.3) is 10.1 Å². The number of hydrogen-bond donors (Lipinski definition) is 1. The molecule has 3 nitrogen and oxygen atoms in total. The van der Waals surface area contributed by atoms with Crippen molar-refractivity contribution < 1.29 is 4.79 Å². The largest absolute Gasteiger partial charge is 0.342 e. The molecule has 1 aliphatic carbocycles. The van der Waals surface area contributed by atoms with Crippen molar-refractivity contribution in [2.24, 2.45) is 11.8 Å². The van der Waals surface area contributed by atoms with Gasteiger partial charge < -0.3 is 10.2 Å². The third kappa shape index (κ3) is 3.15. The van der Waals surface area contributed by atoms with Gasteiger partial charge in [0.2, 0.25) is 5.91 Å². The van der Waals surface area contributed by atoms with Crippen molar-refractivity contribution >= 4 is 27.3 Å². The number of thiophene rings is 1. The van der Waals surface area contributed by atoms with Gasteiger partial charge in [-0.15, -0.1) is 11.3 Å². The van der Waals surface area contributed by atoms with Gasteiger partial charge in [-0.1, -0.05) is 25.1 Å². The van der Waals surface area contributed by atoms with Gasteiger partial charge in [0.25, 0.3) is 0 Å². The number of likely N-dealkylation sites (tertiary alicyclic amines) is 1. The smallest absolute Gasteiger partial charge is 0.225 e. The van der Waals surface area contributed by atoms with Crippen LogP contribution in [0, 0.1) is 11.8 Å².